The Morgan fingerprint density at radius 1 is 1.25 bits per heavy atom. The maximum absolute atomic E-state index is 10.9. The Kier molecular flexibility index (Phi) is 3.14. The van der Waals surface area contributed by atoms with Crippen LogP contribution in [0.4, 0.5) is 0 Å². The number of rotatable bonds is 2. The molecule has 12 heavy (non-hydrogen) atoms. The zero-order valence-corrected chi connectivity index (χ0v) is 8.14. The van der Waals surface area contributed by atoms with E-state index in [2.05, 4.69) is 0 Å². The Morgan fingerprint density at radius 3 is 1.67 bits per heavy atom. The molecule has 2 N–H and O–H groups in total. The van der Waals surface area contributed by atoms with Gasteiger partial charge < -0.3 is 0 Å². The van der Waals surface area contributed by atoms with Crippen molar-refractivity contribution in [3.63, 3.8) is 0 Å². The number of hydrogen-bond acceptors (Lipinski definition) is 5. The van der Waals surface area contributed by atoms with Crippen molar-refractivity contribution in [1.29, 1.82) is 0 Å². The van der Waals surface area contributed by atoms with Gasteiger partial charge in [-0.3, -0.25) is 0 Å². The summed E-state index contributed by atoms with van der Waals surface area (Å²) in [5.74, 6) is 0. The van der Waals surface area contributed by atoms with Crippen LogP contribution in [-0.2, 0) is 30.4 Å². The van der Waals surface area contributed by atoms with Crippen LogP contribution in [0.15, 0.2) is 0 Å². The average Bonchev–Trinajstić information content (AvgIpc) is 2.16. The predicted molar refractivity (Wildman–Crippen MR) is 37.0 cm³/mol. The van der Waals surface area contributed by atoms with E-state index in [-0.39, 0.29) is 0 Å². The van der Waals surface area contributed by atoms with Gasteiger partial charge in [-0.1, -0.05) is 0 Å². The molecule has 0 aromatic carbocycles. The van der Waals surface area contributed by atoms with Crippen molar-refractivity contribution in [3.05, 3.63) is 0 Å². The number of carbonyl (C=O) groups excluding carboxylic acids is 4. The third-order valence-corrected chi connectivity index (χ3v) is 6.96. The van der Waals surface area contributed by atoms with Gasteiger partial charge in [0.15, 0.2) is 0 Å². The quantitative estimate of drug-likeness (QED) is 0.622. The first-order valence-electron chi connectivity index (χ1n) is 2.42. The summed E-state index contributed by atoms with van der Waals surface area (Å²) < 4.78 is 1.74. The molecule has 0 saturated heterocycles. The molecule has 0 aliphatic carbocycles. The van der Waals surface area contributed by atoms with Gasteiger partial charge in [0.1, 0.15) is 0 Å². The molecular formula is C5H4ClNO4Ru. The van der Waals surface area contributed by atoms with Gasteiger partial charge in [-0.2, -0.15) is 0 Å². The first-order valence-corrected chi connectivity index (χ1v) is 8.13. The van der Waals surface area contributed by atoms with Gasteiger partial charge in [-0.05, 0) is 0 Å². The van der Waals surface area contributed by atoms with E-state index in [0.717, 1.165) is 13.4 Å². The fourth-order valence-corrected chi connectivity index (χ4v) is 2.10. The van der Waals surface area contributed by atoms with Crippen molar-refractivity contribution in [1.82, 2.24) is 0 Å². The van der Waals surface area contributed by atoms with E-state index in [0.29, 0.717) is 0 Å². The molecule has 5 nitrogen and oxygen atoms in total. The molecule has 7 heteroatoms. The Balaban J connectivity index is 6.78. The van der Waals surface area contributed by atoms with E-state index in [1.807, 2.05) is 0 Å². The van der Waals surface area contributed by atoms with E-state index in [1.54, 1.807) is 0 Å². The van der Waals surface area contributed by atoms with Crippen molar-refractivity contribution in [3.8, 4) is 0 Å². The summed E-state index contributed by atoms with van der Waals surface area (Å²) >= 11 is -5.54. The first kappa shape index (κ1) is 11.3. The van der Waals surface area contributed by atoms with Crippen LogP contribution in [0.5, 0.6) is 0 Å². The summed E-state index contributed by atoms with van der Waals surface area (Å²) in [6.07, 6.45) is 0. The minimum atomic E-state index is -5.54. The van der Waals surface area contributed by atoms with Crippen molar-refractivity contribution in [2.45, 2.75) is 0 Å². The molecule has 0 atom stereocenters. The van der Waals surface area contributed by atoms with Gasteiger partial charge in [0.25, 0.3) is 0 Å². The van der Waals surface area contributed by atoms with Gasteiger partial charge >= 0.3 is 70.2 Å². The van der Waals surface area contributed by atoms with Gasteiger partial charge in [0, 0.05) is 0 Å². The molecule has 0 aliphatic heterocycles. The van der Waals surface area contributed by atoms with E-state index in [4.69, 9.17) is 15.4 Å². The van der Waals surface area contributed by atoms with Gasteiger partial charge in [-0.15, -0.1) is 0 Å². The maximum atomic E-state index is 10.9. The van der Waals surface area contributed by atoms with Crippen LogP contribution in [-0.4, -0.2) is 24.3 Å². The molecule has 0 radical (unpaired) electrons. The Morgan fingerprint density at radius 2 is 1.58 bits per heavy atom. The second-order valence-electron chi connectivity index (χ2n) is 1.56. The van der Waals surface area contributed by atoms with E-state index < -0.39 is 22.2 Å². The summed E-state index contributed by atoms with van der Waals surface area (Å²) in [4.78, 5) is 41.6. The standard InChI is InChI=1S/C2H4NO.3CO.ClH.Ru/c3-1-2-4;3*1-2;;/h1,3H2;;;;1H;/q;;;;;+1/p-1. The summed E-state index contributed by atoms with van der Waals surface area (Å²) in [5, 5.41) is 0. The molecule has 0 amide bonds. The van der Waals surface area contributed by atoms with E-state index in [1.165, 1.54) is 0 Å². The Bertz CT molecular complexity index is 457. The minimum absolute atomic E-state index is 0.672. The van der Waals surface area contributed by atoms with Crippen LogP contribution in [0.2, 0.25) is 0 Å². The molecule has 0 rings (SSSR count). The molecule has 0 heterocycles. The average molecular weight is 279 g/mol. The van der Waals surface area contributed by atoms with Crippen molar-refractivity contribution in [2.24, 2.45) is 5.73 Å². The summed E-state index contributed by atoms with van der Waals surface area (Å²) in [6.45, 7) is -0.672. The van der Waals surface area contributed by atoms with Gasteiger partial charge in [-0.25, -0.2) is 0 Å². The summed E-state index contributed by atoms with van der Waals surface area (Å²) in [6, 6.07) is 0. The van der Waals surface area contributed by atoms with Crippen LogP contribution in [0.25, 0.3) is 0 Å². The monoisotopic (exact) mass is 279 g/mol. The molecule has 68 valence electrons. The van der Waals surface area contributed by atoms with Crippen molar-refractivity contribution >= 4 is 27.5 Å². The fourth-order valence-electron chi connectivity index (χ4n) is 0.300. The van der Waals surface area contributed by atoms with Crippen LogP contribution in [0, 0.1) is 0 Å². The molecule has 0 bridgehead atoms. The molecule has 0 aromatic rings. The van der Waals surface area contributed by atoms with Crippen molar-refractivity contribution < 1.29 is 30.4 Å². The predicted octanol–water partition coefficient (Wildman–Crippen LogP) is -1.48. The second kappa shape index (κ2) is 3.34. The first-order chi connectivity index (χ1) is 5.47. The van der Waals surface area contributed by atoms with Crippen LogP contribution >= 0.6 is 9.69 Å². The topological polar surface area (TPSA) is 94.3 Å². The third kappa shape index (κ3) is 1.41. The fraction of sp³-hybridized carbons (Fsp3) is 0.200. The number of carbonyl (C=O) groups is 1. The molecular weight excluding hydrogens is 275 g/mol. The number of nitrogens with two attached hydrogens (primary N) is 1. The summed E-state index contributed by atoms with van der Waals surface area (Å²) in [5.41, 5.74) is 4.84. The third-order valence-electron chi connectivity index (χ3n) is 0.932. The Labute approximate surface area is 70.4 Å². The molecule has 0 spiro atoms. The number of halogens is 1. The van der Waals surface area contributed by atoms with Crippen LogP contribution in [0.1, 0.15) is 0 Å². The zero-order chi connectivity index (χ0) is 9.85. The SMILES string of the molecule is NC[C](=O)[Ru]([Cl])(=[C]=O)(=[C]=O)=[C]=O. The molecule has 0 fully saturated rings. The van der Waals surface area contributed by atoms with E-state index in [9.17, 15) is 19.2 Å². The van der Waals surface area contributed by atoms with Crippen LogP contribution < -0.4 is 5.73 Å². The van der Waals surface area contributed by atoms with Gasteiger partial charge in [0.2, 0.25) is 0 Å². The van der Waals surface area contributed by atoms with Crippen molar-refractivity contribution in [2.75, 3.05) is 6.54 Å². The van der Waals surface area contributed by atoms with Crippen LogP contribution in [0.3, 0.4) is 0 Å². The molecule has 0 aliphatic rings. The molecule has 0 aromatic heterocycles. The normalized spacial score (nSPS) is 13.0. The van der Waals surface area contributed by atoms with E-state index >= 15 is 0 Å². The molecule has 0 saturated carbocycles. The van der Waals surface area contributed by atoms with Gasteiger partial charge in [0.05, 0.1) is 0 Å². The second-order valence-corrected chi connectivity index (χ2v) is 10.7. The molecule has 0 unspecified atom stereocenters. The Hall–Kier alpha value is -0.717. The summed E-state index contributed by atoms with van der Waals surface area (Å²) in [7, 11) is 5.28. The number of hydrogen-bond donors (Lipinski definition) is 1. The zero-order valence-electron chi connectivity index (χ0n) is 5.65.